The van der Waals surface area contributed by atoms with Crippen molar-refractivity contribution in [1.82, 2.24) is 0 Å². The van der Waals surface area contributed by atoms with Gasteiger partial charge in [0, 0.05) is 0 Å². The zero-order valence-corrected chi connectivity index (χ0v) is 4.69. The molecule has 0 aliphatic heterocycles. The zero-order valence-electron chi connectivity index (χ0n) is 4.69. The highest BCUT2D eigenvalue weighted by Crippen LogP contribution is 1.13. The van der Waals surface area contributed by atoms with Gasteiger partial charge >= 0.3 is 0 Å². The van der Waals surface area contributed by atoms with Crippen LogP contribution in [0.2, 0.25) is 0 Å². The third kappa shape index (κ3) is 184. The maximum atomic E-state index is 4.61. The average Bonchev–Trinajstić information content (AvgIpc) is 1.78. The van der Waals surface area contributed by atoms with E-state index in [-0.39, 0.29) is 14.9 Å². The number of rotatable bonds is 0. The zero-order chi connectivity index (χ0) is 6.71. The molecule has 0 heterocycles. The van der Waals surface area contributed by atoms with Crippen LogP contribution < -0.4 is 5.73 Å². The van der Waals surface area contributed by atoms with Gasteiger partial charge in [0.25, 0.3) is 0 Å². The Hall–Kier alpha value is -0.980. The molecule has 0 rings (SSSR count). The van der Waals surface area contributed by atoms with Crippen molar-refractivity contribution in [1.29, 1.82) is 0 Å². The van der Waals surface area contributed by atoms with Gasteiger partial charge in [0.1, 0.15) is 0 Å². The highest BCUT2D eigenvalue weighted by atomic mass is 14.5. The SMILES string of the molecule is C.C.C=C.C=C.C=CN. The average molecular weight is 131 g/mol. The molecule has 0 radical (unpaired) electrons. The predicted molar refractivity (Wildman–Crippen MR) is 50.4 cm³/mol. The maximum Gasteiger partial charge on any atom is -0.0136 e. The van der Waals surface area contributed by atoms with E-state index in [9.17, 15) is 0 Å². The van der Waals surface area contributed by atoms with Crippen LogP contribution >= 0.6 is 0 Å². The lowest BCUT2D eigenvalue weighted by atomic mass is 11.1. The molecule has 9 heavy (non-hydrogen) atoms. The van der Waals surface area contributed by atoms with Crippen LogP contribution in [-0.2, 0) is 0 Å². The maximum absolute atomic E-state index is 4.61. The Morgan fingerprint density at radius 3 is 0.889 bits per heavy atom. The Labute approximate surface area is 60.6 Å². The summed E-state index contributed by atoms with van der Waals surface area (Å²) in [6, 6.07) is 0. The normalized spacial score (nSPS) is 2.22. The first-order chi connectivity index (χ1) is 3.41. The van der Waals surface area contributed by atoms with Gasteiger partial charge < -0.3 is 5.73 Å². The molecular weight excluding hydrogens is 110 g/mol. The summed E-state index contributed by atoms with van der Waals surface area (Å²) in [7, 11) is 0. The summed E-state index contributed by atoms with van der Waals surface area (Å²) < 4.78 is 0. The molecule has 1 nitrogen and oxygen atoms in total. The molecule has 2 N–H and O–H groups in total. The van der Waals surface area contributed by atoms with Crippen LogP contribution in [0.1, 0.15) is 14.9 Å². The fourth-order valence-electron chi connectivity index (χ4n) is 0. The van der Waals surface area contributed by atoms with Crippen molar-refractivity contribution >= 4 is 0 Å². The van der Waals surface area contributed by atoms with E-state index < -0.39 is 0 Å². The van der Waals surface area contributed by atoms with Gasteiger partial charge in [-0.3, -0.25) is 0 Å². The minimum absolute atomic E-state index is 0. The highest BCUT2D eigenvalue weighted by Gasteiger charge is 1.09. The fraction of sp³-hybridized carbons (Fsp3) is 0.250. The second-order valence-electron chi connectivity index (χ2n) is 0.236. The second kappa shape index (κ2) is 636000. The Balaban J connectivity index is -0.00000000825. The molecular formula is C8H21N. The Morgan fingerprint density at radius 1 is 0.889 bits per heavy atom. The summed E-state index contributed by atoms with van der Waals surface area (Å²) in [5.74, 6) is 0. The molecule has 0 saturated heterocycles. The summed E-state index contributed by atoms with van der Waals surface area (Å²) >= 11 is 0. The van der Waals surface area contributed by atoms with Gasteiger partial charge in [-0.15, -0.1) is 26.3 Å². The van der Waals surface area contributed by atoms with Crippen molar-refractivity contribution in [2.45, 2.75) is 14.9 Å². The summed E-state index contributed by atoms with van der Waals surface area (Å²) in [6.07, 6.45) is 1.25. The lowest BCUT2D eigenvalue weighted by molar-refractivity contribution is 1.64. The van der Waals surface area contributed by atoms with Crippen LogP contribution in [0.3, 0.4) is 0 Å². The van der Waals surface area contributed by atoms with E-state index in [1.54, 1.807) is 0 Å². The van der Waals surface area contributed by atoms with E-state index in [0.717, 1.165) is 0 Å². The van der Waals surface area contributed by atoms with Crippen LogP contribution in [0.15, 0.2) is 39.1 Å². The van der Waals surface area contributed by atoms with E-state index in [0.29, 0.717) is 0 Å². The van der Waals surface area contributed by atoms with E-state index in [2.05, 4.69) is 38.6 Å². The van der Waals surface area contributed by atoms with Crippen molar-refractivity contribution in [3.8, 4) is 0 Å². The van der Waals surface area contributed by atoms with Gasteiger partial charge in [-0.1, -0.05) is 21.4 Å². The molecule has 58 valence electrons. The molecule has 0 atom stereocenters. The first-order valence-electron chi connectivity index (χ1n) is 1.74. The number of hydrogen-bond donors (Lipinski definition) is 1. The van der Waals surface area contributed by atoms with Crippen LogP contribution in [0, 0.1) is 0 Å². The monoisotopic (exact) mass is 131 g/mol. The molecule has 0 aromatic heterocycles. The van der Waals surface area contributed by atoms with Gasteiger partial charge in [-0.2, -0.15) is 0 Å². The topological polar surface area (TPSA) is 26.0 Å². The molecule has 0 aromatic rings. The van der Waals surface area contributed by atoms with Crippen molar-refractivity contribution in [3.05, 3.63) is 39.1 Å². The van der Waals surface area contributed by atoms with Crippen molar-refractivity contribution in [3.63, 3.8) is 0 Å². The highest BCUT2D eigenvalue weighted by molar-refractivity contribution is 4.48. The minimum Gasteiger partial charge on any atom is -0.405 e. The van der Waals surface area contributed by atoms with Crippen LogP contribution in [-0.4, -0.2) is 0 Å². The van der Waals surface area contributed by atoms with Crippen molar-refractivity contribution < 1.29 is 0 Å². The molecule has 0 amide bonds. The van der Waals surface area contributed by atoms with Crippen molar-refractivity contribution in [2.24, 2.45) is 5.73 Å². The predicted octanol–water partition coefficient (Wildman–Crippen LogP) is 2.97. The molecule has 0 saturated carbocycles. The van der Waals surface area contributed by atoms with E-state index in [1.165, 1.54) is 6.20 Å². The van der Waals surface area contributed by atoms with Gasteiger partial charge in [0.05, 0.1) is 0 Å². The quantitative estimate of drug-likeness (QED) is 0.502. The van der Waals surface area contributed by atoms with Crippen LogP contribution in [0.25, 0.3) is 0 Å². The molecule has 0 aromatic carbocycles. The second-order valence-corrected chi connectivity index (χ2v) is 0.236. The molecule has 0 unspecified atom stereocenters. The third-order valence-corrected chi connectivity index (χ3v) is 0. The lowest BCUT2D eigenvalue weighted by Crippen LogP contribution is -1.67. The summed E-state index contributed by atoms with van der Waals surface area (Å²) in [4.78, 5) is 0. The van der Waals surface area contributed by atoms with E-state index in [1.807, 2.05) is 0 Å². The molecule has 1 heteroatoms. The Morgan fingerprint density at radius 2 is 0.889 bits per heavy atom. The molecule has 0 fully saturated rings. The molecule has 0 bridgehead atoms. The summed E-state index contributed by atoms with van der Waals surface area (Å²) in [5.41, 5.74) is 4.61. The van der Waals surface area contributed by atoms with Crippen LogP contribution in [0.5, 0.6) is 0 Å². The standard InChI is InChI=1S/C2H5N.2C2H4.2CH4/c1-2-3;2*1-2;;/h2H,1,3H2;2*1-2H2;2*1H4. The number of nitrogens with two attached hydrogens (primary N) is 1. The smallest absolute Gasteiger partial charge is 0.0136 e. The fourth-order valence-corrected chi connectivity index (χ4v) is 0. The van der Waals surface area contributed by atoms with Gasteiger partial charge in [0.2, 0.25) is 0 Å². The summed E-state index contributed by atoms with van der Waals surface area (Å²) in [5, 5.41) is 0. The van der Waals surface area contributed by atoms with E-state index >= 15 is 0 Å². The van der Waals surface area contributed by atoms with Gasteiger partial charge in [0.15, 0.2) is 0 Å². The largest absolute Gasteiger partial charge is 0.405 e. The lowest BCUT2D eigenvalue weighted by Gasteiger charge is -1.40. The Kier molecular flexibility index (Phi) is 3060000. The number of hydrogen-bond acceptors (Lipinski definition) is 1. The summed E-state index contributed by atoms with van der Waals surface area (Å²) in [6.45, 7) is 15.1. The van der Waals surface area contributed by atoms with Gasteiger partial charge in [-0.25, -0.2) is 0 Å². The third-order valence-electron chi connectivity index (χ3n) is 0. The molecule has 0 aliphatic rings. The van der Waals surface area contributed by atoms with Gasteiger partial charge in [-0.05, 0) is 6.20 Å². The first-order valence-corrected chi connectivity index (χ1v) is 1.74. The molecule has 0 aliphatic carbocycles. The van der Waals surface area contributed by atoms with E-state index in [4.69, 9.17) is 0 Å². The molecule has 0 spiro atoms. The first kappa shape index (κ1) is 43.3. The Bertz CT molecular complexity index is 23.7. The van der Waals surface area contributed by atoms with Crippen molar-refractivity contribution in [2.75, 3.05) is 0 Å². The van der Waals surface area contributed by atoms with Crippen LogP contribution in [0.4, 0.5) is 0 Å². The minimum atomic E-state index is 0.